The van der Waals surface area contributed by atoms with Gasteiger partial charge in [-0.15, -0.1) is 0 Å². The smallest absolute Gasteiger partial charge is 0.433 e. The molecule has 53 heavy (non-hydrogen) atoms. The van der Waals surface area contributed by atoms with Gasteiger partial charge in [0.05, 0.1) is 36.2 Å². The zero-order chi connectivity index (χ0) is 36.9. The number of halogens is 3. The number of aromatic nitrogens is 4. The Morgan fingerprint density at radius 1 is 1.02 bits per heavy atom. The quantitative estimate of drug-likeness (QED) is 0.184. The Morgan fingerprint density at radius 2 is 1.83 bits per heavy atom. The summed E-state index contributed by atoms with van der Waals surface area (Å²) < 4.78 is 46.8. The largest absolute Gasteiger partial charge is 0.494 e. The molecule has 0 unspecified atom stereocenters. The van der Waals surface area contributed by atoms with Crippen molar-refractivity contribution in [1.29, 1.82) is 0 Å². The molecule has 274 valence electrons. The molecular formula is C38H37F3N8O4. The number of nitrogens with zero attached hydrogens (tertiary/aromatic N) is 6. The minimum Gasteiger partial charge on any atom is -0.494 e. The molecule has 3 aliphatic rings. The van der Waals surface area contributed by atoms with Crippen molar-refractivity contribution in [3.63, 3.8) is 0 Å². The molecule has 2 aromatic carbocycles. The Hall–Kier alpha value is -5.57. The van der Waals surface area contributed by atoms with Gasteiger partial charge in [0, 0.05) is 54.1 Å². The van der Waals surface area contributed by atoms with Crippen molar-refractivity contribution in [1.82, 2.24) is 30.0 Å². The zero-order valence-corrected chi connectivity index (χ0v) is 28.9. The predicted octanol–water partition coefficient (Wildman–Crippen LogP) is 6.54. The number of fused-ring (bicyclic) bond motifs is 2. The van der Waals surface area contributed by atoms with Crippen LogP contribution in [0.1, 0.15) is 65.8 Å². The number of carbonyl (C=O) groups is 3. The van der Waals surface area contributed by atoms with Crippen LogP contribution < -0.4 is 20.3 Å². The summed E-state index contributed by atoms with van der Waals surface area (Å²) in [5, 5.41) is 12.5. The van der Waals surface area contributed by atoms with Crippen LogP contribution >= 0.6 is 0 Å². The molecule has 0 spiro atoms. The Morgan fingerprint density at radius 3 is 2.58 bits per heavy atom. The average Bonchev–Trinajstić information content (AvgIpc) is 3.54. The summed E-state index contributed by atoms with van der Waals surface area (Å²) >= 11 is 0. The maximum Gasteiger partial charge on any atom is 0.433 e. The van der Waals surface area contributed by atoms with Crippen molar-refractivity contribution in [2.75, 3.05) is 43.5 Å². The van der Waals surface area contributed by atoms with Crippen LogP contribution in [0.5, 0.6) is 5.75 Å². The summed E-state index contributed by atoms with van der Waals surface area (Å²) in [6.45, 7) is 3.39. The molecule has 12 nitrogen and oxygen atoms in total. The first-order valence-corrected chi connectivity index (χ1v) is 17.7. The number of hydrogen-bond donors (Lipinski definition) is 2. The maximum absolute atomic E-state index is 13.1. The molecule has 2 saturated heterocycles. The van der Waals surface area contributed by atoms with Crippen LogP contribution in [-0.4, -0.2) is 75.8 Å². The number of methoxy groups -OCH3 is 1. The van der Waals surface area contributed by atoms with Crippen LogP contribution in [0.25, 0.3) is 21.7 Å². The second-order valence-electron chi connectivity index (χ2n) is 14.0. The molecule has 0 radical (unpaired) electrons. The number of piperidine rings is 1. The van der Waals surface area contributed by atoms with E-state index >= 15 is 0 Å². The van der Waals surface area contributed by atoms with Gasteiger partial charge in [0.1, 0.15) is 17.1 Å². The number of rotatable bonds is 8. The lowest BCUT2D eigenvalue weighted by molar-refractivity contribution is -0.141. The highest BCUT2D eigenvalue weighted by molar-refractivity contribution is 6.09. The molecule has 4 amide bonds. The van der Waals surface area contributed by atoms with Gasteiger partial charge in [-0.05, 0) is 80.4 Å². The third-order valence-corrected chi connectivity index (χ3v) is 10.6. The van der Waals surface area contributed by atoms with E-state index in [4.69, 9.17) is 9.84 Å². The number of pyridine rings is 2. The SMILES string of the molecule is COc1cc2nn([C@H]3C[C@H](CN4CCC(c5ccc6c(N7CCC(=O)NC7=O)cncc6c5)CC4)C3)cc2cc1NC(=O)c1cccc(C(F)(F)F)n1. The van der Waals surface area contributed by atoms with E-state index in [1.54, 1.807) is 23.2 Å². The minimum atomic E-state index is -4.66. The highest BCUT2D eigenvalue weighted by Gasteiger charge is 2.35. The minimum absolute atomic E-state index is 0.246. The summed E-state index contributed by atoms with van der Waals surface area (Å²) in [5.74, 6) is 0.295. The fourth-order valence-corrected chi connectivity index (χ4v) is 7.75. The molecule has 2 aliphatic heterocycles. The van der Waals surface area contributed by atoms with Gasteiger partial charge in [0.25, 0.3) is 5.91 Å². The fraction of sp³-hybridized carbons (Fsp3) is 0.368. The average molecular weight is 727 g/mol. The highest BCUT2D eigenvalue weighted by Crippen LogP contribution is 2.41. The number of imide groups is 1. The van der Waals surface area contributed by atoms with Crippen molar-refractivity contribution in [3.8, 4) is 5.75 Å². The monoisotopic (exact) mass is 726 g/mol. The fourth-order valence-electron chi connectivity index (χ4n) is 7.75. The second-order valence-corrected chi connectivity index (χ2v) is 14.0. The van der Waals surface area contributed by atoms with Gasteiger partial charge < -0.3 is 15.0 Å². The number of nitrogens with one attached hydrogen (secondary N) is 2. The Kier molecular flexibility index (Phi) is 8.96. The van der Waals surface area contributed by atoms with Crippen molar-refractivity contribution < 1.29 is 32.3 Å². The summed E-state index contributed by atoms with van der Waals surface area (Å²) in [6, 6.07) is 12.9. The van der Waals surface area contributed by atoms with Crippen LogP contribution in [-0.2, 0) is 11.0 Å². The van der Waals surface area contributed by atoms with E-state index in [1.807, 2.05) is 17.1 Å². The molecule has 5 heterocycles. The van der Waals surface area contributed by atoms with Gasteiger partial charge >= 0.3 is 12.2 Å². The van der Waals surface area contributed by atoms with Crippen molar-refractivity contribution in [2.24, 2.45) is 5.92 Å². The molecule has 0 bridgehead atoms. The van der Waals surface area contributed by atoms with Crippen LogP contribution in [0.2, 0.25) is 0 Å². The number of benzene rings is 2. The van der Waals surface area contributed by atoms with E-state index in [1.165, 1.54) is 18.7 Å². The Balaban J connectivity index is 0.857. The van der Waals surface area contributed by atoms with E-state index < -0.39 is 23.8 Å². The molecule has 2 N–H and O–H groups in total. The molecule has 1 saturated carbocycles. The molecule has 0 atom stereocenters. The molecule has 8 rings (SSSR count). The van der Waals surface area contributed by atoms with Crippen LogP contribution in [0.15, 0.2) is 67.1 Å². The lowest BCUT2D eigenvalue weighted by Gasteiger charge is -2.41. The lowest BCUT2D eigenvalue weighted by Crippen LogP contribution is -2.49. The van der Waals surface area contributed by atoms with E-state index in [9.17, 15) is 27.6 Å². The zero-order valence-electron chi connectivity index (χ0n) is 28.9. The number of anilines is 2. The first-order chi connectivity index (χ1) is 25.5. The van der Waals surface area contributed by atoms with E-state index in [0.29, 0.717) is 41.0 Å². The Bertz CT molecular complexity index is 2230. The van der Waals surface area contributed by atoms with Gasteiger partial charge in [-0.1, -0.05) is 18.2 Å². The second kappa shape index (κ2) is 13.8. The van der Waals surface area contributed by atoms with Crippen LogP contribution in [0.3, 0.4) is 0 Å². The first kappa shape index (κ1) is 34.5. The first-order valence-electron chi connectivity index (χ1n) is 17.7. The third-order valence-electron chi connectivity index (χ3n) is 10.6. The Labute approximate surface area is 302 Å². The molecule has 1 aliphatic carbocycles. The summed E-state index contributed by atoms with van der Waals surface area (Å²) in [7, 11) is 1.45. The van der Waals surface area contributed by atoms with Gasteiger partial charge in [0.2, 0.25) is 5.91 Å². The maximum atomic E-state index is 13.1. The lowest BCUT2D eigenvalue weighted by atomic mass is 9.79. The number of alkyl halides is 3. The summed E-state index contributed by atoms with van der Waals surface area (Å²) in [5.41, 5.74) is 1.49. The molecule has 15 heteroatoms. The van der Waals surface area contributed by atoms with Gasteiger partial charge in [-0.25, -0.2) is 9.78 Å². The van der Waals surface area contributed by atoms with E-state index in [-0.39, 0.29) is 24.1 Å². The highest BCUT2D eigenvalue weighted by atomic mass is 19.4. The molecular weight excluding hydrogens is 689 g/mol. The topological polar surface area (TPSA) is 135 Å². The number of amides is 4. The summed E-state index contributed by atoms with van der Waals surface area (Å²) in [6.07, 6.45) is 5.15. The van der Waals surface area contributed by atoms with Gasteiger partial charge in [-0.2, -0.15) is 18.3 Å². The van der Waals surface area contributed by atoms with Crippen molar-refractivity contribution >= 4 is 50.9 Å². The molecule has 5 aromatic rings. The van der Waals surface area contributed by atoms with E-state index in [0.717, 1.165) is 73.6 Å². The standard InChI is InChI=1S/C38H37F3N8O4/c1-53-33-17-30-26(16-31(33)44-36(51)29-3-2-4-34(43-29)38(39,40)41)21-49(46-30)27-13-22(14-27)20-47-10-7-23(8-11-47)24-5-6-28-25(15-24)18-42-19-32(28)48-12-9-35(50)45-37(48)52/h2-6,15-19,21-23,27H,7-14,20H2,1H3,(H,44,51)(H,45,50,52)/t22-,27-. The number of ether oxygens (including phenoxy) is 1. The van der Waals surface area contributed by atoms with Crippen molar-refractivity contribution in [3.05, 3.63) is 84.1 Å². The molecule has 3 aromatic heterocycles. The van der Waals surface area contributed by atoms with Crippen LogP contribution in [0.4, 0.5) is 29.3 Å². The third kappa shape index (κ3) is 7.00. The number of likely N-dealkylation sites (tertiary alicyclic amines) is 1. The predicted molar refractivity (Wildman–Crippen MR) is 191 cm³/mol. The number of hydrogen-bond acceptors (Lipinski definition) is 8. The van der Waals surface area contributed by atoms with Gasteiger partial charge in [0.15, 0.2) is 0 Å². The number of urea groups is 1. The normalized spacial score (nSPS) is 20.0. The number of carbonyl (C=O) groups excluding carboxylic acids is 3. The van der Waals surface area contributed by atoms with E-state index in [2.05, 4.69) is 43.7 Å². The molecule has 3 fully saturated rings. The van der Waals surface area contributed by atoms with Crippen molar-refractivity contribution in [2.45, 2.75) is 50.2 Å². The summed E-state index contributed by atoms with van der Waals surface area (Å²) in [4.78, 5) is 48.9. The van der Waals surface area contributed by atoms with Crippen LogP contribution in [0, 0.1) is 5.92 Å². The van der Waals surface area contributed by atoms with Gasteiger partial charge in [-0.3, -0.25) is 29.5 Å².